The van der Waals surface area contributed by atoms with Gasteiger partial charge in [0.25, 0.3) is 5.56 Å². The molecule has 1 aliphatic heterocycles. The topological polar surface area (TPSA) is 69.9 Å². The number of thioether (sulfide) groups is 1. The summed E-state index contributed by atoms with van der Waals surface area (Å²) in [4.78, 5) is 34.1. The van der Waals surface area contributed by atoms with Crippen molar-refractivity contribution in [2.75, 3.05) is 19.5 Å². The second kappa shape index (κ2) is 12.3. The number of halogens is 1. The molecule has 0 saturated carbocycles. The van der Waals surface area contributed by atoms with Crippen LogP contribution in [0, 0.1) is 0 Å². The van der Waals surface area contributed by atoms with E-state index in [9.17, 15) is 9.59 Å². The Balaban J connectivity index is 1.82. The molecule has 204 valence electrons. The van der Waals surface area contributed by atoms with Gasteiger partial charge in [-0.2, -0.15) is 0 Å². The van der Waals surface area contributed by atoms with Crippen molar-refractivity contribution in [2.45, 2.75) is 24.8 Å². The highest BCUT2D eigenvalue weighted by Gasteiger charge is 2.35. The Hall–Kier alpha value is -3.59. The molecule has 0 unspecified atom stereocenters. The molecule has 40 heavy (non-hydrogen) atoms. The molecule has 0 spiro atoms. The van der Waals surface area contributed by atoms with E-state index in [-0.39, 0.29) is 12.2 Å². The maximum atomic E-state index is 14.1. The summed E-state index contributed by atoms with van der Waals surface area (Å²) in [6, 6.07) is 22.0. The maximum Gasteiger partial charge on any atom is 0.338 e. The molecule has 1 aliphatic rings. The van der Waals surface area contributed by atoms with Gasteiger partial charge in [-0.25, -0.2) is 9.79 Å². The van der Waals surface area contributed by atoms with Crippen molar-refractivity contribution < 1.29 is 14.3 Å². The van der Waals surface area contributed by atoms with Crippen LogP contribution in [0.4, 0.5) is 0 Å². The molecule has 0 saturated heterocycles. The molecule has 5 rings (SSSR count). The summed E-state index contributed by atoms with van der Waals surface area (Å²) in [5.74, 6) is 0.117. The predicted octanol–water partition coefficient (Wildman–Crippen LogP) is 5.71. The highest BCUT2D eigenvalue weighted by Crippen LogP contribution is 2.35. The first-order valence-electron chi connectivity index (χ1n) is 12.8. The third kappa shape index (κ3) is 5.52. The minimum Gasteiger partial charge on any atom is -0.493 e. The monoisotopic (exact) mass is 590 g/mol. The molecule has 0 bridgehead atoms. The Morgan fingerprint density at radius 3 is 2.50 bits per heavy atom. The summed E-state index contributed by atoms with van der Waals surface area (Å²) < 4.78 is 13.4. The van der Waals surface area contributed by atoms with E-state index in [2.05, 4.69) is 0 Å². The lowest BCUT2D eigenvalue weighted by molar-refractivity contribution is -0.138. The molecule has 0 N–H and O–H groups in total. The summed E-state index contributed by atoms with van der Waals surface area (Å²) in [5.41, 5.74) is 2.79. The van der Waals surface area contributed by atoms with Crippen LogP contribution in [0.2, 0.25) is 5.02 Å². The number of nitrogens with zero attached hydrogens (tertiary/aromatic N) is 2. The largest absolute Gasteiger partial charge is 0.493 e. The quantitative estimate of drug-likeness (QED) is 0.194. The van der Waals surface area contributed by atoms with Crippen molar-refractivity contribution >= 4 is 52.4 Å². The van der Waals surface area contributed by atoms with Crippen molar-refractivity contribution in [3.63, 3.8) is 0 Å². The predicted molar refractivity (Wildman–Crippen MR) is 162 cm³/mol. The second-order valence-corrected chi connectivity index (χ2v) is 11.1. The lowest BCUT2D eigenvalue weighted by Gasteiger charge is -2.26. The van der Waals surface area contributed by atoms with E-state index in [1.54, 1.807) is 47.5 Å². The lowest BCUT2D eigenvalue weighted by Crippen LogP contribution is -2.40. The van der Waals surface area contributed by atoms with Crippen LogP contribution in [0.1, 0.15) is 36.6 Å². The average Bonchev–Trinajstić information content (AvgIpc) is 3.28. The van der Waals surface area contributed by atoms with Crippen LogP contribution in [-0.4, -0.2) is 30.0 Å². The van der Waals surface area contributed by atoms with Crippen LogP contribution in [0.5, 0.6) is 5.75 Å². The summed E-state index contributed by atoms with van der Waals surface area (Å²) >= 11 is 9.17. The number of thiazole rings is 1. The van der Waals surface area contributed by atoms with Gasteiger partial charge in [0.1, 0.15) is 5.75 Å². The maximum absolute atomic E-state index is 14.1. The van der Waals surface area contributed by atoms with E-state index >= 15 is 0 Å². The Morgan fingerprint density at radius 1 is 1.07 bits per heavy atom. The highest BCUT2D eigenvalue weighted by atomic mass is 35.5. The van der Waals surface area contributed by atoms with Gasteiger partial charge in [-0.05, 0) is 62.1 Å². The zero-order valence-electron chi connectivity index (χ0n) is 22.2. The van der Waals surface area contributed by atoms with Crippen LogP contribution in [0.15, 0.2) is 93.1 Å². The third-order valence-electron chi connectivity index (χ3n) is 6.36. The zero-order valence-corrected chi connectivity index (χ0v) is 24.6. The summed E-state index contributed by atoms with van der Waals surface area (Å²) in [7, 11) is 0. The minimum atomic E-state index is -0.728. The van der Waals surface area contributed by atoms with Crippen LogP contribution in [-0.2, 0) is 9.53 Å². The second-order valence-electron chi connectivity index (χ2n) is 8.82. The smallest absolute Gasteiger partial charge is 0.338 e. The number of benzene rings is 3. The van der Waals surface area contributed by atoms with Crippen LogP contribution in [0.3, 0.4) is 0 Å². The van der Waals surface area contributed by atoms with Gasteiger partial charge in [0.2, 0.25) is 0 Å². The fourth-order valence-electron chi connectivity index (χ4n) is 4.60. The Bertz CT molecular complexity index is 1760. The van der Waals surface area contributed by atoms with Crippen LogP contribution < -0.4 is 19.6 Å². The van der Waals surface area contributed by atoms with Crippen LogP contribution >= 0.6 is 34.7 Å². The Kier molecular flexibility index (Phi) is 8.59. The van der Waals surface area contributed by atoms with Gasteiger partial charge in [0, 0.05) is 21.0 Å². The Labute approximate surface area is 245 Å². The zero-order chi connectivity index (χ0) is 28.2. The molecule has 1 atom stereocenters. The molecule has 0 fully saturated rings. The SMILES string of the molecule is CCOC(=O)C1=C(c2ccccc2)N=c2s/c(=C\c3cc(Cl)ccc3OCC)c(=O)n2[C@H]1c1ccc(SC)cc1. The summed E-state index contributed by atoms with van der Waals surface area (Å²) in [6.45, 7) is 4.33. The fourth-order valence-corrected chi connectivity index (χ4v) is 6.18. The number of ether oxygens (including phenoxy) is 2. The van der Waals surface area contributed by atoms with E-state index < -0.39 is 12.0 Å². The molecular weight excluding hydrogens is 564 g/mol. The highest BCUT2D eigenvalue weighted by molar-refractivity contribution is 7.98. The molecule has 6 nitrogen and oxygen atoms in total. The standard InChI is InChI=1S/C31H27ClN2O4S2/c1-4-37-24-16-13-22(32)17-21(24)18-25-29(35)34-28(20-11-14-23(39-3)15-12-20)26(30(36)38-5-2)27(33-31(34)40-25)19-9-7-6-8-10-19/h6-18,28H,4-5H2,1-3H3/b25-18-/t28-/m0/s1. The first kappa shape index (κ1) is 28.0. The van der Waals surface area contributed by atoms with Crippen LogP contribution in [0.25, 0.3) is 11.8 Å². The number of aromatic nitrogens is 1. The van der Waals surface area contributed by atoms with Gasteiger partial charge in [-0.15, -0.1) is 11.8 Å². The van der Waals surface area contributed by atoms with Crippen molar-refractivity contribution in [2.24, 2.45) is 4.99 Å². The van der Waals surface area contributed by atoms with E-state index in [1.165, 1.54) is 11.3 Å². The number of carbonyl (C=O) groups excluding carboxylic acids is 1. The normalized spacial score (nSPS) is 15.0. The van der Waals surface area contributed by atoms with E-state index in [4.69, 9.17) is 26.1 Å². The molecule has 0 amide bonds. The van der Waals surface area contributed by atoms with Crippen molar-refractivity contribution in [1.29, 1.82) is 0 Å². The number of esters is 1. The number of rotatable bonds is 8. The molecule has 1 aromatic heterocycles. The fraction of sp³-hybridized carbons (Fsp3) is 0.194. The van der Waals surface area contributed by atoms with Gasteiger partial charge >= 0.3 is 5.97 Å². The van der Waals surface area contributed by atoms with Gasteiger partial charge < -0.3 is 9.47 Å². The summed E-state index contributed by atoms with van der Waals surface area (Å²) in [5, 5.41) is 0.533. The first-order valence-corrected chi connectivity index (χ1v) is 15.2. The minimum absolute atomic E-state index is 0.196. The number of carbonyl (C=O) groups is 1. The first-order chi connectivity index (χ1) is 19.4. The van der Waals surface area contributed by atoms with E-state index in [1.807, 2.05) is 67.8 Å². The number of hydrogen-bond acceptors (Lipinski definition) is 7. The van der Waals surface area contributed by atoms with Gasteiger partial charge in [-0.3, -0.25) is 9.36 Å². The van der Waals surface area contributed by atoms with E-state index in [0.717, 1.165) is 16.0 Å². The summed E-state index contributed by atoms with van der Waals surface area (Å²) in [6.07, 6.45) is 3.77. The van der Waals surface area contributed by atoms with Gasteiger partial charge in [0.15, 0.2) is 4.80 Å². The van der Waals surface area contributed by atoms with Gasteiger partial charge in [-0.1, -0.05) is 65.4 Å². The molecule has 2 heterocycles. The average molecular weight is 591 g/mol. The molecule has 9 heteroatoms. The molecule has 4 aromatic rings. The third-order valence-corrected chi connectivity index (χ3v) is 8.33. The molecule has 0 radical (unpaired) electrons. The lowest BCUT2D eigenvalue weighted by atomic mass is 9.93. The van der Waals surface area contributed by atoms with Crippen molar-refractivity contribution in [1.82, 2.24) is 4.57 Å². The number of fused-ring (bicyclic) bond motifs is 1. The van der Waals surface area contributed by atoms with E-state index in [0.29, 0.717) is 43.5 Å². The van der Waals surface area contributed by atoms with Crippen molar-refractivity contribution in [3.8, 4) is 5.75 Å². The van der Waals surface area contributed by atoms with Gasteiger partial charge in [0.05, 0.1) is 35.1 Å². The molecule has 3 aromatic carbocycles. The Morgan fingerprint density at radius 2 is 1.82 bits per heavy atom. The van der Waals surface area contributed by atoms with Crippen molar-refractivity contribution in [3.05, 3.63) is 120 Å². The number of hydrogen-bond donors (Lipinski definition) is 0. The molecular formula is C31H27ClN2O4S2. The molecule has 0 aliphatic carbocycles.